The molecular weight excluding hydrogens is 289 g/mol. The zero-order chi connectivity index (χ0) is 15.2. The summed E-state index contributed by atoms with van der Waals surface area (Å²) in [5.41, 5.74) is -1.28. The lowest BCUT2D eigenvalue weighted by atomic mass is 10.1. The van der Waals surface area contributed by atoms with Crippen molar-refractivity contribution >= 4 is 11.4 Å². The summed E-state index contributed by atoms with van der Waals surface area (Å²) in [5.74, 6) is 0. The molecule has 1 aromatic rings. The maximum absolute atomic E-state index is 12.7. The van der Waals surface area contributed by atoms with Crippen LogP contribution in [-0.4, -0.2) is 30.2 Å². The molecule has 2 unspecified atom stereocenters. The van der Waals surface area contributed by atoms with E-state index >= 15 is 0 Å². The van der Waals surface area contributed by atoms with E-state index in [-0.39, 0.29) is 17.9 Å². The third-order valence-electron chi connectivity index (χ3n) is 3.88. The number of ether oxygens (including phenoxy) is 1. The molecule has 2 heterocycles. The normalized spacial score (nSPS) is 25.2. The van der Waals surface area contributed by atoms with E-state index in [9.17, 15) is 23.3 Å². The van der Waals surface area contributed by atoms with Gasteiger partial charge in [-0.15, -0.1) is 0 Å². The summed E-state index contributed by atoms with van der Waals surface area (Å²) >= 11 is 0. The minimum absolute atomic E-state index is 0.00523. The Kier molecular flexibility index (Phi) is 3.27. The molecule has 0 amide bonds. The topological polar surface area (TPSA) is 55.6 Å². The van der Waals surface area contributed by atoms with Gasteiger partial charge >= 0.3 is 6.18 Å². The molecule has 1 aromatic carbocycles. The van der Waals surface area contributed by atoms with Crippen molar-refractivity contribution < 1.29 is 22.8 Å². The molecule has 114 valence electrons. The molecule has 0 aromatic heterocycles. The Morgan fingerprint density at radius 1 is 1.24 bits per heavy atom. The summed E-state index contributed by atoms with van der Waals surface area (Å²) in [5, 5.41) is 11.1. The number of anilines is 1. The third kappa shape index (κ3) is 2.67. The average Bonchev–Trinajstić information content (AvgIpc) is 2.75. The van der Waals surface area contributed by atoms with Crippen LogP contribution < -0.4 is 4.90 Å². The second-order valence-electron chi connectivity index (χ2n) is 5.32. The van der Waals surface area contributed by atoms with E-state index in [0.717, 1.165) is 18.9 Å². The molecule has 0 saturated carbocycles. The number of rotatable bonds is 2. The van der Waals surface area contributed by atoms with Crippen LogP contribution in [0.5, 0.6) is 0 Å². The SMILES string of the molecule is O=[N+]([O-])c1cc(C(F)(F)F)ccc1N1CC2CCC(C1)O2. The number of hydrogen-bond donors (Lipinski definition) is 0. The predicted octanol–water partition coefficient (Wildman–Crippen LogP) is 2.98. The van der Waals surface area contributed by atoms with E-state index < -0.39 is 22.4 Å². The molecule has 0 radical (unpaired) electrons. The Morgan fingerprint density at radius 3 is 2.38 bits per heavy atom. The first-order valence-corrected chi connectivity index (χ1v) is 6.60. The van der Waals surface area contributed by atoms with Crippen LogP contribution in [0.4, 0.5) is 24.5 Å². The summed E-state index contributed by atoms with van der Waals surface area (Å²) in [7, 11) is 0. The number of fused-ring (bicyclic) bond motifs is 2. The maximum Gasteiger partial charge on any atom is 0.416 e. The van der Waals surface area contributed by atoms with Gasteiger partial charge in [0.15, 0.2) is 0 Å². The molecule has 2 saturated heterocycles. The van der Waals surface area contributed by atoms with E-state index in [2.05, 4.69) is 0 Å². The number of hydrogen-bond acceptors (Lipinski definition) is 4. The van der Waals surface area contributed by atoms with Crippen molar-refractivity contribution in [1.29, 1.82) is 0 Å². The fourth-order valence-corrected chi connectivity index (χ4v) is 2.92. The van der Waals surface area contributed by atoms with Gasteiger partial charge in [-0.25, -0.2) is 0 Å². The van der Waals surface area contributed by atoms with Crippen molar-refractivity contribution in [2.24, 2.45) is 0 Å². The van der Waals surface area contributed by atoms with Gasteiger partial charge in [-0.05, 0) is 25.0 Å². The van der Waals surface area contributed by atoms with Crippen LogP contribution in [0.2, 0.25) is 0 Å². The number of nitrogens with zero attached hydrogens (tertiary/aromatic N) is 2. The van der Waals surface area contributed by atoms with Crippen LogP contribution in [0.1, 0.15) is 18.4 Å². The lowest BCUT2D eigenvalue weighted by molar-refractivity contribution is -0.384. The number of nitro groups is 1. The van der Waals surface area contributed by atoms with E-state index in [1.807, 2.05) is 0 Å². The molecule has 2 aliphatic heterocycles. The van der Waals surface area contributed by atoms with Crippen LogP contribution in [0.15, 0.2) is 18.2 Å². The molecule has 2 atom stereocenters. The number of nitro benzene ring substituents is 1. The summed E-state index contributed by atoms with van der Waals surface area (Å²) in [6.07, 6.45) is -2.81. The molecule has 2 aliphatic rings. The lowest BCUT2D eigenvalue weighted by Crippen LogP contribution is -2.42. The van der Waals surface area contributed by atoms with Gasteiger partial charge in [0.05, 0.1) is 22.7 Å². The summed E-state index contributed by atoms with van der Waals surface area (Å²) in [6, 6.07) is 2.68. The Balaban J connectivity index is 1.96. The van der Waals surface area contributed by atoms with Gasteiger partial charge in [-0.1, -0.05) is 0 Å². The third-order valence-corrected chi connectivity index (χ3v) is 3.88. The molecule has 8 heteroatoms. The van der Waals surface area contributed by atoms with E-state index in [4.69, 9.17) is 4.74 Å². The Bertz CT molecular complexity index is 564. The number of benzene rings is 1. The quantitative estimate of drug-likeness (QED) is 0.622. The molecule has 0 aliphatic carbocycles. The van der Waals surface area contributed by atoms with Crippen molar-refractivity contribution in [1.82, 2.24) is 0 Å². The van der Waals surface area contributed by atoms with Gasteiger partial charge in [0, 0.05) is 19.2 Å². The van der Waals surface area contributed by atoms with E-state index in [1.165, 1.54) is 6.07 Å². The maximum atomic E-state index is 12.7. The first-order chi connectivity index (χ1) is 9.84. The van der Waals surface area contributed by atoms with E-state index in [0.29, 0.717) is 19.2 Å². The smallest absolute Gasteiger partial charge is 0.371 e. The highest BCUT2D eigenvalue weighted by Crippen LogP contribution is 2.38. The van der Waals surface area contributed by atoms with Crippen molar-refractivity contribution in [3.05, 3.63) is 33.9 Å². The zero-order valence-electron chi connectivity index (χ0n) is 11.0. The molecule has 2 fully saturated rings. The second-order valence-corrected chi connectivity index (χ2v) is 5.32. The minimum atomic E-state index is -4.59. The van der Waals surface area contributed by atoms with Crippen molar-refractivity contribution in [2.75, 3.05) is 18.0 Å². The van der Waals surface area contributed by atoms with Crippen molar-refractivity contribution in [3.63, 3.8) is 0 Å². The predicted molar refractivity (Wildman–Crippen MR) is 68.2 cm³/mol. The van der Waals surface area contributed by atoms with Gasteiger partial charge in [-0.3, -0.25) is 10.1 Å². The average molecular weight is 302 g/mol. The Hall–Kier alpha value is -1.83. The molecule has 21 heavy (non-hydrogen) atoms. The Labute approximate surface area is 118 Å². The monoisotopic (exact) mass is 302 g/mol. The second kappa shape index (κ2) is 4.87. The first kappa shape index (κ1) is 14.1. The summed E-state index contributed by atoms with van der Waals surface area (Å²) in [6.45, 7) is 0.950. The first-order valence-electron chi connectivity index (χ1n) is 6.60. The largest absolute Gasteiger partial charge is 0.416 e. The van der Waals surface area contributed by atoms with Crippen LogP contribution in [0.3, 0.4) is 0 Å². The Morgan fingerprint density at radius 2 is 1.86 bits per heavy atom. The molecular formula is C13H13F3N2O3. The van der Waals surface area contributed by atoms with Crippen LogP contribution in [-0.2, 0) is 10.9 Å². The molecule has 5 nitrogen and oxygen atoms in total. The van der Waals surface area contributed by atoms with Gasteiger partial charge in [0.1, 0.15) is 5.69 Å². The lowest BCUT2D eigenvalue weighted by Gasteiger charge is -2.33. The fourth-order valence-electron chi connectivity index (χ4n) is 2.92. The van der Waals surface area contributed by atoms with Crippen molar-refractivity contribution in [2.45, 2.75) is 31.2 Å². The number of alkyl halides is 3. The van der Waals surface area contributed by atoms with Gasteiger partial charge in [-0.2, -0.15) is 13.2 Å². The summed E-state index contributed by atoms with van der Waals surface area (Å²) < 4.78 is 43.7. The van der Waals surface area contributed by atoms with E-state index in [1.54, 1.807) is 4.90 Å². The number of halogens is 3. The van der Waals surface area contributed by atoms with Gasteiger partial charge < -0.3 is 9.64 Å². The van der Waals surface area contributed by atoms with Gasteiger partial charge in [0.25, 0.3) is 5.69 Å². The molecule has 0 spiro atoms. The highest BCUT2D eigenvalue weighted by Gasteiger charge is 2.38. The highest BCUT2D eigenvalue weighted by molar-refractivity contribution is 5.65. The zero-order valence-corrected chi connectivity index (χ0v) is 11.0. The van der Waals surface area contributed by atoms with Crippen molar-refractivity contribution in [3.8, 4) is 0 Å². The molecule has 3 rings (SSSR count). The summed E-state index contributed by atoms with van der Waals surface area (Å²) in [4.78, 5) is 12.1. The highest BCUT2D eigenvalue weighted by atomic mass is 19.4. The standard InChI is InChI=1S/C13H13F3N2O3/c14-13(15,16)8-1-4-11(12(5-8)18(19)20)17-6-9-2-3-10(7-17)21-9/h1,4-5,9-10H,2-3,6-7H2. The van der Waals surface area contributed by atoms with Crippen LogP contribution >= 0.6 is 0 Å². The van der Waals surface area contributed by atoms with Crippen LogP contribution in [0.25, 0.3) is 0 Å². The molecule has 2 bridgehead atoms. The van der Waals surface area contributed by atoms with Crippen LogP contribution in [0, 0.1) is 10.1 Å². The van der Waals surface area contributed by atoms with Gasteiger partial charge in [0.2, 0.25) is 0 Å². The molecule has 0 N–H and O–H groups in total. The fraction of sp³-hybridized carbons (Fsp3) is 0.538. The number of morpholine rings is 1. The minimum Gasteiger partial charge on any atom is -0.371 e.